The van der Waals surface area contributed by atoms with Gasteiger partial charge in [0.15, 0.2) is 0 Å². The molecule has 0 aliphatic rings. The van der Waals surface area contributed by atoms with Crippen LogP contribution in [0.25, 0.3) is 0 Å². The minimum absolute atomic E-state index is 0.0408. The summed E-state index contributed by atoms with van der Waals surface area (Å²) in [4.78, 5) is 19.1. The Kier molecular flexibility index (Phi) is 4.34. The average Bonchev–Trinajstić information content (AvgIpc) is 2.38. The van der Waals surface area contributed by atoms with Crippen molar-refractivity contribution >= 4 is 34.8 Å². The van der Waals surface area contributed by atoms with Gasteiger partial charge in [-0.15, -0.1) is 0 Å². The van der Waals surface area contributed by atoms with Crippen molar-refractivity contribution in [1.29, 1.82) is 0 Å². The van der Waals surface area contributed by atoms with E-state index in [1.54, 1.807) is 0 Å². The van der Waals surface area contributed by atoms with Crippen LogP contribution in [0.5, 0.6) is 0 Å². The lowest BCUT2D eigenvalue weighted by Gasteiger charge is -2.09. The first-order valence-electron chi connectivity index (χ1n) is 5.44. The van der Waals surface area contributed by atoms with Gasteiger partial charge in [-0.3, -0.25) is 4.79 Å². The van der Waals surface area contributed by atoms with E-state index in [1.165, 1.54) is 0 Å². The molecule has 1 aromatic carbocycles. The Balaban J connectivity index is 2.16. The minimum Gasteiger partial charge on any atom is -0.322 e. The number of carbonyl (C=O) groups excluding carboxylic acids is 1. The van der Waals surface area contributed by atoms with E-state index < -0.39 is 17.6 Å². The first kappa shape index (κ1) is 15.5. The Hall–Kier alpha value is -1.86. The first-order chi connectivity index (χ1) is 9.77. The minimum atomic E-state index is -4.43. The summed E-state index contributed by atoms with van der Waals surface area (Å²) < 4.78 is 37.2. The summed E-state index contributed by atoms with van der Waals surface area (Å²) in [6.07, 6.45) is -3.31. The van der Waals surface area contributed by atoms with Crippen LogP contribution < -0.4 is 5.32 Å². The van der Waals surface area contributed by atoms with Crippen LogP contribution >= 0.6 is 23.2 Å². The zero-order valence-corrected chi connectivity index (χ0v) is 11.6. The second-order valence-electron chi connectivity index (χ2n) is 3.87. The molecule has 0 bridgehead atoms. The van der Waals surface area contributed by atoms with Crippen LogP contribution in [0, 0.1) is 0 Å². The summed E-state index contributed by atoms with van der Waals surface area (Å²) in [6.45, 7) is 0. The van der Waals surface area contributed by atoms with E-state index in [1.807, 2.05) is 0 Å². The predicted molar refractivity (Wildman–Crippen MR) is 71.4 cm³/mol. The maximum Gasteiger partial charge on any atom is 0.416 e. The number of hydrogen-bond acceptors (Lipinski definition) is 3. The Morgan fingerprint density at radius 1 is 1.14 bits per heavy atom. The van der Waals surface area contributed by atoms with Gasteiger partial charge in [0.05, 0.1) is 11.1 Å². The largest absolute Gasteiger partial charge is 0.416 e. The number of rotatable bonds is 2. The number of alkyl halides is 3. The predicted octanol–water partition coefficient (Wildman–Crippen LogP) is 4.05. The second kappa shape index (κ2) is 5.87. The van der Waals surface area contributed by atoms with E-state index in [0.29, 0.717) is 0 Å². The third-order valence-electron chi connectivity index (χ3n) is 2.43. The van der Waals surface area contributed by atoms with Gasteiger partial charge in [0.25, 0.3) is 5.91 Å². The summed E-state index contributed by atoms with van der Waals surface area (Å²) in [7, 11) is 0. The fraction of sp³-hybridized carbons (Fsp3) is 0.0833. The molecule has 4 nitrogen and oxygen atoms in total. The van der Waals surface area contributed by atoms with E-state index in [-0.39, 0.29) is 21.7 Å². The molecule has 2 rings (SSSR count). The quantitative estimate of drug-likeness (QED) is 0.665. The summed E-state index contributed by atoms with van der Waals surface area (Å²) in [5, 5.41) is 2.11. The van der Waals surface area contributed by atoms with Gasteiger partial charge in [-0.25, -0.2) is 9.97 Å². The van der Waals surface area contributed by atoms with Gasteiger partial charge in [0.2, 0.25) is 5.28 Å². The molecule has 0 unspecified atom stereocenters. The van der Waals surface area contributed by atoms with Crippen molar-refractivity contribution in [1.82, 2.24) is 9.97 Å². The lowest BCUT2D eigenvalue weighted by Crippen LogP contribution is -2.14. The van der Waals surface area contributed by atoms with E-state index in [4.69, 9.17) is 23.2 Å². The van der Waals surface area contributed by atoms with E-state index >= 15 is 0 Å². The highest BCUT2D eigenvalue weighted by molar-refractivity contribution is 6.34. The van der Waals surface area contributed by atoms with E-state index in [9.17, 15) is 18.0 Å². The van der Waals surface area contributed by atoms with Crippen molar-refractivity contribution in [2.75, 3.05) is 5.32 Å². The number of nitrogens with one attached hydrogen (secondary N) is 1. The summed E-state index contributed by atoms with van der Waals surface area (Å²) in [6, 6.07) is 3.97. The van der Waals surface area contributed by atoms with Crippen molar-refractivity contribution in [3.8, 4) is 0 Å². The summed E-state index contributed by atoms with van der Waals surface area (Å²) in [5.41, 5.74) is -0.673. The molecule has 1 amide bonds. The van der Waals surface area contributed by atoms with Gasteiger partial charge in [0.1, 0.15) is 5.15 Å². The molecule has 0 aliphatic carbocycles. The average molecular weight is 336 g/mol. The molecule has 0 fully saturated rings. The highest BCUT2D eigenvalue weighted by Crippen LogP contribution is 2.30. The second-order valence-corrected chi connectivity index (χ2v) is 4.57. The maximum atomic E-state index is 12.4. The number of aromatic nitrogens is 2. The summed E-state index contributed by atoms with van der Waals surface area (Å²) >= 11 is 11.2. The molecule has 0 atom stereocenters. The van der Waals surface area contributed by atoms with Crippen molar-refractivity contribution in [2.45, 2.75) is 6.18 Å². The monoisotopic (exact) mass is 335 g/mol. The highest BCUT2D eigenvalue weighted by atomic mass is 35.5. The molecule has 1 N–H and O–H groups in total. The van der Waals surface area contributed by atoms with Crippen molar-refractivity contribution in [3.05, 3.63) is 52.0 Å². The Morgan fingerprint density at radius 3 is 2.29 bits per heavy atom. The van der Waals surface area contributed by atoms with Gasteiger partial charge < -0.3 is 5.32 Å². The molecule has 0 radical (unpaired) electrons. The Morgan fingerprint density at radius 2 is 1.76 bits per heavy atom. The number of anilines is 1. The SMILES string of the molecule is O=C(Nc1ccc(C(F)(F)F)cc1)c1cnc(Cl)nc1Cl. The molecular weight excluding hydrogens is 330 g/mol. The lowest BCUT2D eigenvalue weighted by atomic mass is 10.2. The van der Waals surface area contributed by atoms with Gasteiger partial charge in [-0.05, 0) is 35.9 Å². The van der Waals surface area contributed by atoms with Crippen molar-refractivity contribution in [2.24, 2.45) is 0 Å². The number of nitrogens with zero attached hydrogens (tertiary/aromatic N) is 2. The van der Waals surface area contributed by atoms with Crippen LogP contribution in [0.3, 0.4) is 0 Å². The molecule has 21 heavy (non-hydrogen) atoms. The fourth-order valence-electron chi connectivity index (χ4n) is 1.43. The molecule has 1 aromatic heterocycles. The van der Waals surface area contributed by atoms with Crippen LogP contribution in [0.15, 0.2) is 30.5 Å². The Labute approximate surface area is 126 Å². The smallest absolute Gasteiger partial charge is 0.322 e. The van der Waals surface area contributed by atoms with Gasteiger partial charge >= 0.3 is 6.18 Å². The molecule has 0 saturated heterocycles. The molecule has 0 aliphatic heterocycles. The third kappa shape index (κ3) is 3.83. The van der Waals surface area contributed by atoms with E-state index in [0.717, 1.165) is 30.5 Å². The summed E-state index contributed by atoms with van der Waals surface area (Å²) in [5.74, 6) is -0.656. The molecule has 2 aromatic rings. The zero-order chi connectivity index (χ0) is 15.6. The van der Waals surface area contributed by atoms with Gasteiger partial charge in [-0.1, -0.05) is 11.6 Å². The molecule has 110 valence electrons. The molecule has 0 saturated carbocycles. The topological polar surface area (TPSA) is 54.9 Å². The number of benzene rings is 1. The zero-order valence-electron chi connectivity index (χ0n) is 10.1. The standard InChI is InChI=1S/C12H6Cl2F3N3O/c13-9-8(5-18-11(14)20-9)10(21)19-7-3-1-6(2-4-7)12(15,16)17/h1-5H,(H,19,21). The highest BCUT2D eigenvalue weighted by Gasteiger charge is 2.30. The Bertz CT molecular complexity index is 674. The fourth-order valence-corrected chi connectivity index (χ4v) is 1.83. The number of amides is 1. The molecule has 1 heterocycles. The number of carbonyl (C=O) groups is 1. The van der Waals surface area contributed by atoms with Crippen molar-refractivity contribution < 1.29 is 18.0 Å². The van der Waals surface area contributed by atoms with Gasteiger partial charge in [-0.2, -0.15) is 13.2 Å². The normalized spacial score (nSPS) is 11.3. The van der Waals surface area contributed by atoms with Crippen LogP contribution in [0.2, 0.25) is 10.4 Å². The molecular formula is C12H6Cl2F3N3O. The van der Waals surface area contributed by atoms with Crippen molar-refractivity contribution in [3.63, 3.8) is 0 Å². The number of hydrogen-bond donors (Lipinski definition) is 1. The molecule has 0 spiro atoms. The first-order valence-corrected chi connectivity index (χ1v) is 6.19. The van der Waals surface area contributed by atoms with Gasteiger partial charge in [0, 0.05) is 11.9 Å². The molecule has 9 heteroatoms. The van der Waals surface area contributed by atoms with E-state index in [2.05, 4.69) is 15.3 Å². The number of halogens is 5. The maximum absolute atomic E-state index is 12.4. The third-order valence-corrected chi connectivity index (χ3v) is 2.90. The van der Waals surface area contributed by atoms with Crippen LogP contribution in [0.4, 0.5) is 18.9 Å². The van der Waals surface area contributed by atoms with Crippen LogP contribution in [0.1, 0.15) is 15.9 Å². The lowest BCUT2D eigenvalue weighted by molar-refractivity contribution is -0.137. The van der Waals surface area contributed by atoms with Crippen LogP contribution in [-0.2, 0) is 6.18 Å². The van der Waals surface area contributed by atoms with Crippen LogP contribution in [-0.4, -0.2) is 15.9 Å².